The molecule has 2 N–H and O–H groups in total. The summed E-state index contributed by atoms with van der Waals surface area (Å²) < 4.78 is 5.37. The lowest BCUT2D eigenvalue weighted by Gasteiger charge is -2.30. The van der Waals surface area contributed by atoms with Crippen molar-refractivity contribution in [1.29, 1.82) is 0 Å². The monoisotopic (exact) mass is 268 g/mol. The van der Waals surface area contributed by atoms with Gasteiger partial charge in [0.25, 0.3) is 0 Å². The van der Waals surface area contributed by atoms with Crippen molar-refractivity contribution < 1.29 is 4.74 Å². The Labute approximate surface area is 114 Å². The van der Waals surface area contributed by atoms with Crippen LogP contribution in [0.15, 0.2) is 18.2 Å². The molecule has 4 heteroatoms. The molecular formula is C14H21ClN2O. The molecule has 1 saturated heterocycles. The molecule has 100 valence electrons. The van der Waals surface area contributed by atoms with E-state index in [0.29, 0.717) is 12.5 Å². The summed E-state index contributed by atoms with van der Waals surface area (Å²) in [5.41, 5.74) is 8.37. The number of hydrogen-bond acceptors (Lipinski definition) is 3. The van der Waals surface area contributed by atoms with Gasteiger partial charge < -0.3 is 10.5 Å². The summed E-state index contributed by atoms with van der Waals surface area (Å²) in [6, 6.07) is 6.08. The van der Waals surface area contributed by atoms with E-state index in [1.807, 2.05) is 12.1 Å². The van der Waals surface area contributed by atoms with Gasteiger partial charge in [0.15, 0.2) is 0 Å². The maximum atomic E-state index is 6.18. The van der Waals surface area contributed by atoms with Gasteiger partial charge in [0.1, 0.15) is 0 Å². The molecule has 1 atom stereocenters. The van der Waals surface area contributed by atoms with E-state index in [-0.39, 0.29) is 0 Å². The molecule has 0 bridgehead atoms. The third-order valence-corrected chi connectivity index (χ3v) is 4.03. The van der Waals surface area contributed by atoms with Crippen LogP contribution in [0.5, 0.6) is 0 Å². The van der Waals surface area contributed by atoms with E-state index >= 15 is 0 Å². The number of nitrogens with zero attached hydrogens (tertiary/aromatic N) is 1. The topological polar surface area (TPSA) is 38.5 Å². The minimum Gasteiger partial charge on any atom is -0.379 e. The third kappa shape index (κ3) is 3.23. The molecule has 0 radical (unpaired) electrons. The van der Waals surface area contributed by atoms with Crippen LogP contribution in [0.1, 0.15) is 17.0 Å². The Bertz CT molecular complexity index is 391. The van der Waals surface area contributed by atoms with Crippen molar-refractivity contribution in [2.24, 2.45) is 5.73 Å². The Balaban J connectivity index is 2.09. The van der Waals surface area contributed by atoms with Crippen molar-refractivity contribution in [3.63, 3.8) is 0 Å². The van der Waals surface area contributed by atoms with Crippen LogP contribution in [0.25, 0.3) is 0 Å². The van der Waals surface area contributed by atoms with Gasteiger partial charge in [-0.2, -0.15) is 0 Å². The van der Waals surface area contributed by atoms with Gasteiger partial charge in [-0.15, -0.1) is 0 Å². The first-order valence-corrected chi connectivity index (χ1v) is 6.85. The number of morpholine rings is 1. The molecule has 1 aromatic rings. The summed E-state index contributed by atoms with van der Waals surface area (Å²) in [5, 5.41) is 0.827. The molecule has 0 spiro atoms. The van der Waals surface area contributed by atoms with Gasteiger partial charge in [-0.1, -0.05) is 23.7 Å². The lowest BCUT2D eigenvalue weighted by atomic mass is 9.94. The molecule has 0 aromatic heterocycles. The third-order valence-electron chi connectivity index (χ3n) is 3.62. The number of ether oxygens (including phenoxy) is 1. The molecule has 3 nitrogen and oxygen atoms in total. The smallest absolute Gasteiger partial charge is 0.0594 e. The van der Waals surface area contributed by atoms with Gasteiger partial charge in [-0.05, 0) is 24.1 Å². The van der Waals surface area contributed by atoms with E-state index in [2.05, 4.69) is 17.9 Å². The molecule has 18 heavy (non-hydrogen) atoms. The summed E-state index contributed by atoms with van der Waals surface area (Å²) in [5.74, 6) is 0.349. The Hall–Kier alpha value is -0.610. The molecule has 1 aliphatic heterocycles. The molecular weight excluding hydrogens is 248 g/mol. The van der Waals surface area contributed by atoms with Crippen molar-refractivity contribution in [3.05, 3.63) is 34.3 Å². The normalized spacial score (nSPS) is 18.8. The fourth-order valence-electron chi connectivity index (χ4n) is 2.46. The fourth-order valence-corrected chi connectivity index (χ4v) is 2.64. The zero-order valence-corrected chi connectivity index (χ0v) is 11.6. The number of halogens is 1. The minimum atomic E-state index is 0.349. The first kappa shape index (κ1) is 13.8. The van der Waals surface area contributed by atoms with Crippen molar-refractivity contribution in [2.45, 2.75) is 12.8 Å². The van der Waals surface area contributed by atoms with E-state index in [9.17, 15) is 0 Å². The Morgan fingerprint density at radius 1 is 1.39 bits per heavy atom. The van der Waals surface area contributed by atoms with Crippen molar-refractivity contribution >= 4 is 11.6 Å². The predicted molar refractivity (Wildman–Crippen MR) is 75.2 cm³/mol. The zero-order chi connectivity index (χ0) is 13.0. The summed E-state index contributed by atoms with van der Waals surface area (Å²) >= 11 is 6.18. The summed E-state index contributed by atoms with van der Waals surface area (Å²) in [7, 11) is 0. The maximum Gasteiger partial charge on any atom is 0.0594 e. The largest absolute Gasteiger partial charge is 0.379 e. The average molecular weight is 269 g/mol. The van der Waals surface area contributed by atoms with Crippen LogP contribution < -0.4 is 5.73 Å². The van der Waals surface area contributed by atoms with Crippen LogP contribution in [-0.4, -0.2) is 44.3 Å². The van der Waals surface area contributed by atoms with Crippen LogP contribution in [0.3, 0.4) is 0 Å². The summed E-state index contributed by atoms with van der Waals surface area (Å²) in [6.45, 7) is 7.35. The Morgan fingerprint density at radius 2 is 2.11 bits per heavy atom. The summed E-state index contributed by atoms with van der Waals surface area (Å²) in [4.78, 5) is 2.42. The molecule has 1 heterocycles. The Morgan fingerprint density at radius 3 is 2.78 bits per heavy atom. The molecule has 1 fully saturated rings. The first-order valence-electron chi connectivity index (χ1n) is 6.47. The van der Waals surface area contributed by atoms with Crippen LogP contribution in [0.2, 0.25) is 5.02 Å². The van der Waals surface area contributed by atoms with Crippen molar-refractivity contribution in [3.8, 4) is 0 Å². The van der Waals surface area contributed by atoms with Crippen LogP contribution in [0, 0.1) is 6.92 Å². The second kappa shape index (κ2) is 6.53. The van der Waals surface area contributed by atoms with Gasteiger partial charge in [0.2, 0.25) is 0 Å². The molecule has 2 rings (SSSR count). The van der Waals surface area contributed by atoms with Gasteiger partial charge in [-0.25, -0.2) is 0 Å². The maximum absolute atomic E-state index is 6.18. The van der Waals surface area contributed by atoms with E-state index in [4.69, 9.17) is 22.1 Å². The van der Waals surface area contributed by atoms with Gasteiger partial charge in [0.05, 0.1) is 13.2 Å². The highest BCUT2D eigenvalue weighted by atomic mass is 35.5. The molecule has 1 unspecified atom stereocenters. The number of benzene rings is 1. The van der Waals surface area contributed by atoms with Gasteiger partial charge in [0, 0.05) is 37.1 Å². The molecule has 1 aromatic carbocycles. The van der Waals surface area contributed by atoms with E-state index < -0.39 is 0 Å². The highest BCUT2D eigenvalue weighted by molar-refractivity contribution is 6.31. The quantitative estimate of drug-likeness (QED) is 0.908. The first-order chi connectivity index (χ1) is 8.72. The number of nitrogens with two attached hydrogens (primary N) is 1. The highest BCUT2D eigenvalue weighted by Gasteiger charge is 2.19. The van der Waals surface area contributed by atoms with Gasteiger partial charge >= 0.3 is 0 Å². The van der Waals surface area contributed by atoms with Crippen LogP contribution in [-0.2, 0) is 4.74 Å². The SMILES string of the molecule is Cc1c(Cl)cccc1C(CN)CN1CCOCC1. The Kier molecular flexibility index (Phi) is 5.01. The molecule has 1 aliphatic rings. The number of hydrogen-bond donors (Lipinski definition) is 1. The second-order valence-electron chi connectivity index (χ2n) is 4.80. The zero-order valence-electron chi connectivity index (χ0n) is 10.9. The van der Waals surface area contributed by atoms with Gasteiger partial charge in [-0.3, -0.25) is 4.90 Å². The molecule has 0 amide bonds. The average Bonchev–Trinajstić information content (AvgIpc) is 2.41. The van der Waals surface area contributed by atoms with E-state index in [1.54, 1.807) is 0 Å². The van der Waals surface area contributed by atoms with E-state index in [1.165, 1.54) is 5.56 Å². The second-order valence-corrected chi connectivity index (χ2v) is 5.21. The highest BCUT2D eigenvalue weighted by Crippen LogP contribution is 2.26. The lowest BCUT2D eigenvalue weighted by molar-refractivity contribution is 0.0353. The molecule has 0 aliphatic carbocycles. The summed E-state index contributed by atoms with van der Waals surface area (Å²) in [6.07, 6.45) is 0. The van der Waals surface area contributed by atoms with Crippen molar-refractivity contribution in [2.75, 3.05) is 39.4 Å². The van der Waals surface area contributed by atoms with Crippen molar-refractivity contribution in [1.82, 2.24) is 4.90 Å². The standard InChI is InChI=1S/C14H21ClN2O/c1-11-13(3-2-4-14(11)15)12(9-16)10-17-5-7-18-8-6-17/h2-4,12H,5-10,16H2,1H3. The predicted octanol–water partition coefficient (Wildman–Crippen LogP) is 2.02. The van der Waals surface area contributed by atoms with Crippen LogP contribution >= 0.6 is 11.6 Å². The molecule has 0 saturated carbocycles. The minimum absolute atomic E-state index is 0.349. The van der Waals surface area contributed by atoms with Crippen LogP contribution in [0.4, 0.5) is 0 Å². The van der Waals surface area contributed by atoms with E-state index in [0.717, 1.165) is 43.4 Å². The fraction of sp³-hybridized carbons (Fsp3) is 0.571. The lowest BCUT2D eigenvalue weighted by Crippen LogP contribution is -2.40. The number of rotatable bonds is 4.